The Kier molecular flexibility index (Phi) is 3.68. The van der Waals surface area contributed by atoms with Crippen molar-refractivity contribution in [3.63, 3.8) is 0 Å². The molecule has 2 N–H and O–H groups in total. The van der Waals surface area contributed by atoms with Gasteiger partial charge in [0.1, 0.15) is 6.04 Å². The molecule has 0 saturated carbocycles. The second-order valence-corrected chi connectivity index (χ2v) is 4.73. The summed E-state index contributed by atoms with van der Waals surface area (Å²) in [6.45, 7) is 4.78. The molecule has 1 aromatic carbocycles. The number of aryl methyl sites for hydroxylation is 1. The molecule has 1 aliphatic rings. The van der Waals surface area contributed by atoms with E-state index in [0.717, 1.165) is 16.8 Å². The molecule has 0 aromatic heterocycles. The second-order valence-electron chi connectivity index (χ2n) is 4.73. The van der Waals surface area contributed by atoms with E-state index in [-0.39, 0.29) is 18.6 Å². The van der Waals surface area contributed by atoms with Crippen LogP contribution in [0.15, 0.2) is 12.1 Å². The second kappa shape index (κ2) is 5.08. The molecule has 1 heterocycles. The van der Waals surface area contributed by atoms with Crippen molar-refractivity contribution in [3.05, 3.63) is 28.8 Å². The molecule has 0 bridgehead atoms. The van der Waals surface area contributed by atoms with Crippen LogP contribution in [0.25, 0.3) is 0 Å². The van der Waals surface area contributed by atoms with Crippen molar-refractivity contribution in [3.8, 4) is 0 Å². The van der Waals surface area contributed by atoms with Crippen LogP contribution in [0, 0.1) is 13.8 Å². The van der Waals surface area contributed by atoms with Gasteiger partial charge >= 0.3 is 0 Å². The number of hydrogen-bond donors (Lipinski definition) is 2. The highest BCUT2D eigenvalue weighted by molar-refractivity contribution is 6.05. The van der Waals surface area contributed by atoms with Crippen LogP contribution in [0.2, 0.25) is 0 Å². The van der Waals surface area contributed by atoms with Crippen molar-refractivity contribution >= 4 is 11.6 Å². The zero-order chi connectivity index (χ0) is 13.3. The van der Waals surface area contributed by atoms with Gasteiger partial charge in [-0.2, -0.15) is 0 Å². The summed E-state index contributed by atoms with van der Waals surface area (Å²) in [7, 11) is 1.80. The summed E-state index contributed by atoms with van der Waals surface area (Å²) >= 11 is 0. The first-order valence-corrected chi connectivity index (χ1v) is 6.31. The number of amides is 1. The van der Waals surface area contributed by atoms with E-state index in [0.29, 0.717) is 13.0 Å². The first-order valence-electron chi connectivity index (χ1n) is 6.31. The Morgan fingerprint density at radius 3 is 2.72 bits per heavy atom. The summed E-state index contributed by atoms with van der Waals surface area (Å²) in [5.41, 5.74) is 4.40. The van der Waals surface area contributed by atoms with E-state index in [1.54, 1.807) is 11.9 Å². The first-order chi connectivity index (χ1) is 8.61. The zero-order valence-electron chi connectivity index (χ0n) is 11.2. The predicted octanol–water partition coefficient (Wildman–Crippen LogP) is 1.29. The third-order valence-corrected chi connectivity index (χ3v) is 3.66. The molecule has 4 heteroatoms. The Labute approximate surface area is 108 Å². The number of aliphatic hydroxyl groups is 1. The summed E-state index contributed by atoms with van der Waals surface area (Å²) in [5, 5.41) is 12.0. The maximum atomic E-state index is 12.3. The Hall–Kier alpha value is -1.39. The molecule has 0 fully saturated rings. The molecule has 1 amide bonds. The highest BCUT2D eigenvalue weighted by Gasteiger charge is 2.37. The highest BCUT2D eigenvalue weighted by atomic mass is 16.3. The molecular formula is C14H20N2O2. The van der Waals surface area contributed by atoms with Gasteiger partial charge in [-0.3, -0.25) is 4.79 Å². The fraction of sp³-hybridized carbons (Fsp3) is 0.500. The molecule has 18 heavy (non-hydrogen) atoms. The van der Waals surface area contributed by atoms with E-state index in [2.05, 4.69) is 18.3 Å². The molecule has 98 valence electrons. The van der Waals surface area contributed by atoms with Gasteiger partial charge in [0.05, 0.1) is 5.69 Å². The third-order valence-electron chi connectivity index (χ3n) is 3.66. The molecule has 0 saturated heterocycles. The number of fused-ring (bicyclic) bond motifs is 1. The minimum absolute atomic E-state index is 0.0784. The van der Waals surface area contributed by atoms with Crippen LogP contribution >= 0.6 is 0 Å². The molecule has 2 rings (SSSR count). The molecule has 0 radical (unpaired) electrons. The van der Waals surface area contributed by atoms with Gasteiger partial charge in [-0.15, -0.1) is 0 Å². The molecule has 0 aliphatic carbocycles. The van der Waals surface area contributed by atoms with Crippen LogP contribution in [0.4, 0.5) is 5.69 Å². The summed E-state index contributed by atoms with van der Waals surface area (Å²) in [6, 6.07) is 3.83. The van der Waals surface area contributed by atoms with Crippen molar-refractivity contribution in [2.45, 2.75) is 26.3 Å². The van der Waals surface area contributed by atoms with Crippen LogP contribution in [0.1, 0.15) is 29.2 Å². The van der Waals surface area contributed by atoms with Crippen LogP contribution in [-0.4, -0.2) is 31.2 Å². The van der Waals surface area contributed by atoms with Gasteiger partial charge in [-0.1, -0.05) is 12.1 Å². The number of hydrogen-bond acceptors (Lipinski definition) is 3. The zero-order valence-corrected chi connectivity index (χ0v) is 11.2. The van der Waals surface area contributed by atoms with Crippen molar-refractivity contribution in [1.29, 1.82) is 0 Å². The molecule has 0 spiro atoms. The van der Waals surface area contributed by atoms with Crippen LogP contribution in [0.5, 0.6) is 0 Å². The molecule has 1 aliphatic heterocycles. The monoisotopic (exact) mass is 248 g/mol. The third kappa shape index (κ3) is 1.91. The van der Waals surface area contributed by atoms with Gasteiger partial charge in [0.15, 0.2) is 0 Å². The normalized spacial score (nSPS) is 18.3. The maximum Gasteiger partial charge on any atom is 0.248 e. The number of benzene rings is 1. The van der Waals surface area contributed by atoms with Gasteiger partial charge in [-0.25, -0.2) is 0 Å². The Morgan fingerprint density at radius 2 is 2.11 bits per heavy atom. The lowest BCUT2D eigenvalue weighted by molar-refractivity contribution is -0.119. The summed E-state index contributed by atoms with van der Waals surface area (Å²) in [4.78, 5) is 14.1. The lowest BCUT2D eigenvalue weighted by Crippen LogP contribution is -2.34. The predicted molar refractivity (Wildman–Crippen MR) is 71.8 cm³/mol. The molecular weight excluding hydrogens is 228 g/mol. The van der Waals surface area contributed by atoms with Crippen molar-refractivity contribution < 1.29 is 9.90 Å². The minimum Gasteiger partial charge on any atom is -0.396 e. The Morgan fingerprint density at radius 1 is 1.39 bits per heavy atom. The first kappa shape index (κ1) is 13.1. The SMILES string of the molecule is CNC1C(=O)N(CCCO)c2c1ccc(C)c2C. The number of aliphatic hydroxyl groups excluding tert-OH is 1. The quantitative estimate of drug-likeness (QED) is 0.844. The number of likely N-dealkylation sites (N-methyl/N-ethyl adjacent to an activating group) is 1. The van der Waals surface area contributed by atoms with Crippen LogP contribution < -0.4 is 10.2 Å². The Bertz CT molecular complexity index is 471. The largest absolute Gasteiger partial charge is 0.396 e. The van der Waals surface area contributed by atoms with E-state index in [1.807, 2.05) is 13.0 Å². The number of rotatable bonds is 4. The van der Waals surface area contributed by atoms with Gasteiger partial charge in [0.25, 0.3) is 0 Å². The average molecular weight is 248 g/mol. The van der Waals surface area contributed by atoms with E-state index >= 15 is 0 Å². The standard InChI is InChI=1S/C14H20N2O2/c1-9-5-6-11-12(15-3)14(18)16(7-4-8-17)13(11)10(9)2/h5-6,12,15,17H,4,7-8H2,1-3H3. The topological polar surface area (TPSA) is 52.6 Å². The molecule has 1 unspecified atom stereocenters. The minimum atomic E-state index is -0.252. The fourth-order valence-electron chi connectivity index (χ4n) is 2.54. The van der Waals surface area contributed by atoms with Crippen molar-refractivity contribution in [1.82, 2.24) is 5.32 Å². The van der Waals surface area contributed by atoms with Gasteiger partial charge in [0, 0.05) is 18.7 Å². The number of anilines is 1. The average Bonchev–Trinajstić information content (AvgIpc) is 2.64. The number of carbonyl (C=O) groups is 1. The summed E-state index contributed by atoms with van der Waals surface area (Å²) in [6.07, 6.45) is 0.606. The van der Waals surface area contributed by atoms with E-state index in [9.17, 15) is 4.79 Å². The van der Waals surface area contributed by atoms with Gasteiger partial charge in [-0.05, 0) is 38.4 Å². The fourth-order valence-corrected chi connectivity index (χ4v) is 2.54. The number of nitrogens with zero attached hydrogens (tertiary/aromatic N) is 1. The molecule has 1 atom stereocenters. The smallest absolute Gasteiger partial charge is 0.248 e. The van der Waals surface area contributed by atoms with E-state index < -0.39 is 0 Å². The molecule has 4 nitrogen and oxygen atoms in total. The van der Waals surface area contributed by atoms with E-state index in [1.165, 1.54) is 5.56 Å². The van der Waals surface area contributed by atoms with Gasteiger partial charge in [0.2, 0.25) is 5.91 Å². The summed E-state index contributed by atoms with van der Waals surface area (Å²) in [5.74, 6) is 0.0784. The molecule has 1 aromatic rings. The maximum absolute atomic E-state index is 12.3. The lowest BCUT2D eigenvalue weighted by Gasteiger charge is -2.19. The summed E-state index contributed by atoms with van der Waals surface area (Å²) < 4.78 is 0. The Balaban J connectivity index is 2.47. The van der Waals surface area contributed by atoms with Crippen molar-refractivity contribution in [2.24, 2.45) is 0 Å². The van der Waals surface area contributed by atoms with Crippen molar-refractivity contribution in [2.75, 3.05) is 25.1 Å². The van der Waals surface area contributed by atoms with Gasteiger partial charge < -0.3 is 15.3 Å². The number of carbonyl (C=O) groups excluding carboxylic acids is 1. The van der Waals surface area contributed by atoms with Crippen LogP contribution in [-0.2, 0) is 4.79 Å². The highest BCUT2D eigenvalue weighted by Crippen LogP contribution is 2.39. The lowest BCUT2D eigenvalue weighted by atomic mass is 10.0. The van der Waals surface area contributed by atoms with E-state index in [4.69, 9.17) is 5.11 Å². The number of nitrogens with one attached hydrogen (secondary N) is 1. The van der Waals surface area contributed by atoms with Crippen LogP contribution in [0.3, 0.4) is 0 Å².